The van der Waals surface area contributed by atoms with Crippen molar-refractivity contribution in [1.82, 2.24) is 21.3 Å². The highest BCUT2D eigenvalue weighted by atomic mass is 16.3. The van der Waals surface area contributed by atoms with Crippen molar-refractivity contribution in [3.05, 3.63) is 26.0 Å². The van der Waals surface area contributed by atoms with E-state index >= 15 is 0 Å². The number of aromatic hydroxyl groups is 1. The fourth-order valence-electron chi connectivity index (χ4n) is 3.23. The monoisotopic (exact) mass is 453 g/mol. The molecule has 2 amide bonds. The molecule has 1 unspecified atom stereocenters. The van der Waals surface area contributed by atoms with Crippen molar-refractivity contribution in [3.63, 3.8) is 0 Å². The van der Waals surface area contributed by atoms with Crippen LogP contribution < -0.4 is 37.9 Å². The van der Waals surface area contributed by atoms with Crippen molar-refractivity contribution in [1.29, 1.82) is 0 Å². The van der Waals surface area contributed by atoms with Crippen LogP contribution in [0, 0.1) is 0 Å². The lowest BCUT2D eigenvalue weighted by atomic mass is 10.00. The molecule has 0 saturated carbocycles. The van der Waals surface area contributed by atoms with Crippen LogP contribution in [-0.2, 0) is 16.0 Å². The lowest BCUT2D eigenvalue weighted by molar-refractivity contribution is -0.129. The largest absolute Gasteiger partial charge is 0.504 e. The molecule has 182 valence electrons. The fourth-order valence-corrected chi connectivity index (χ4v) is 3.23. The van der Waals surface area contributed by atoms with Gasteiger partial charge >= 0.3 is 0 Å². The van der Waals surface area contributed by atoms with Crippen LogP contribution in [0.4, 0.5) is 0 Å². The van der Waals surface area contributed by atoms with Crippen LogP contribution in [0.15, 0.2) is 9.59 Å². The fraction of sp³-hybridized carbons (Fsp3) is 0.727. The molecule has 1 aromatic rings. The predicted octanol–water partition coefficient (Wildman–Crippen LogP) is -0.980. The van der Waals surface area contributed by atoms with Crippen LogP contribution in [0.5, 0.6) is 5.75 Å². The summed E-state index contributed by atoms with van der Waals surface area (Å²) in [6, 6.07) is -0.822. The second kappa shape index (κ2) is 16.3. The first-order valence-corrected chi connectivity index (χ1v) is 11.6. The van der Waals surface area contributed by atoms with Gasteiger partial charge < -0.3 is 32.1 Å². The Morgan fingerprint density at radius 2 is 1.56 bits per heavy atom. The maximum atomic E-state index is 12.5. The lowest BCUT2D eigenvalue weighted by Gasteiger charge is -2.19. The van der Waals surface area contributed by atoms with Crippen LogP contribution >= 0.6 is 0 Å². The molecule has 0 aliphatic rings. The molecule has 0 aliphatic heterocycles. The van der Waals surface area contributed by atoms with Crippen LogP contribution in [0.25, 0.3) is 0 Å². The molecule has 1 aromatic carbocycles. The molecule has 10 heteroatoms. The molecule has 1 rings (SSSR count). The normalized spacial score (nSPS) is 12.1. The Morgan fingerprint density at radius 3 is 2.16 bits per heavy atom. The van der Waals surface area contributed by atoms with E-state index in [0.29, 0.717) is 25.9 Å². The first kappa shape index (κ1) is 27.7. The number of nitrogens with one attached hydrogen (secondary N) is 4. The summed E-state index contributed by atoms with van der Waals surface area (Å²) in [7, 11) is 0. The number of rotatable bonds is 19. The number of carbonyl (C=O) groups excluding carboxylic acids is 2. The summed E-state index contributed by atoms with van der Waals surface area (Å²) >= 11 is 0. The van der Waals surface area contributed by atoms with Crippen LogP contribution in [0.2, 0.25) is 0 Å². The highest BCUT2D eigenvalue weighted by Gasteiger charge is 2.24. The van der Waals surface area contributed by atoms with E-state index in [4.69, 9.17) is 5.73 Å². The van der Waals surface area contributed by atoms with Gasteiger partial charge in [-0.25, -0.2) is 0 Å². The number of amides is 2. The van der Waals surface area contributed by atoms with Gasteiger partial charge in [0.2, 0.25) is 17.2 Å². The Balaban J connectivity index is 2.27. The molecule has 0 heterocycles. The summed E-state index contributed by atoms with van der Waals surface area (Å²) in [4.78, 5) is 47.1. The minimum absolute atomic E-state index is 0.0244. The van der Waals surface area contributed by atoms with E-state index in [1.54, 1.807) is 0 Å². The van der Waals surface area contributed by atoms with Gasteiger partial charge in [-0.05, 0) is 77.7 Å². The number of hydrogen-bond acceptors (Lipinski definition) is 8. The van der Waals surface area contributed by atoms with Crippen LogP contribution in [-0.4, -0.2) is 62.2 Å². The molecular weight excluding hydrogens is 414 g/mol. The maximum Gasteiger partial charge on any atom is 0.267 e. The average molecular weight is 454 g/mol. The standard InChI is InChI=1S/C22H39N5O5/c1-2-7-18(28)27-17(9-8-16-19(29)21(31)20(16)30)22(32)26-15-6-14-25-12-4-3-11-24-13-5-10-23/h17,24-25,29H,2-15,23H2,1H3,(H,26,32)(H,27,28). The molecule has 32 heavy (non-hydrogen) atoms. The van der Waals surface area contributed by atoms with E-state index in [1.807, 2.05) is 6.92 Å². The first-order valence-electron chi connectivity index (χ1n) is 11.6. The molecule has 0 radical (unpaired) electrons. The van der Waals surface area contributed by atoms with E-state index in [0.717, 1.165) is 51.9 Å². The number of nitrogens with two attached hydrogens (primary N) is 1. The average Bonchev–Trinajstić information content (AvgIpc) is 2.78. The third-order valence-corrected chi connectivity index (χ3v) is 5.14. The Hall–Kier alpha value is -2.30. The second-order valence-corrected chi connectivity index (χ2v) is 7.89. The first-order chi connectivity index (χ1) is 15.4. The van der Waals surface area contributed by atoms with E-state index in [9.17, 15) is 24.3 Å². The van der Waals surface area contributed by atoms with Crippen LogP contribution in [0.1, 0.15) is 57.4 Å². The topological polar surface area (TPSA) is 163 Å². The van der Waals surface area contributed by atoms with Gasteiger partial charge in [-0.15, -0.1) is 0 Å². The van der Waals surface area contributed by atoms with Gasteiger partial charge in [0, 0.05) is 18.5 Å². The predicted molar refractivity (Wildman–Crippen MR) is 124 cm³/mol. The van der Waals surface area contributed by atoms with Crippen molar-refractivity contribution in [3.8, 4) is 5.75 Å². The minimum Gasteiger partial charge on any atom is -0.504 e. The molecule has 7 N–H and O–H groups in total. The third-order valence-electron chi connectivity index (χ3n) is 5.14. The van der Waals surface area contributed by atoms with Gasteiger partial charge in [0.25, 0.3) is 5.43 Å². The molecule has 10 nitrogen and oxygen atoms in total. The van der Waals surface area contributed by atoms with Gasteiger partial charge in [0.05, 0.1) is 0 Å². The summed E-state index contributed by atoms with van der Waals surface area (Å²) in [6.07, 6.45) is 5.03. The maximum absolute atomic E-state index is 12.5. The van der Waals surface area contributed by atoms with Crippen molar-refractivity contribution in [2.75, 3.05) is 39.3 Å². The Bertz CT molecular complexity index is 760. The summed E-state index contributed by atoms with van der Waals surface area (Å²) in [5, 5.41) is 21.7. The van der Waals surface area contributed by atoms with Gasteiger partial charge in [-0.1, -0.05) is 6.92 Å². The lowest BCUT2D eigenvalue weighted by Crippen LogP contribution is -2.48. The summed E-state index contributed by atoms with van der Waals surface area (Å²) < 4.78 is 0. The minimum atomic E-state index is -0.897. The third kappa shape index (κ3) is 10.3. The summed E-state index contributed by atoms with van der Waals surface area (Å²) in [5.41, 5.74) is 3.84. The molecule has 0 saturated heterocycles. The van der Waals surface area contributed by atoms with E-state index in [2.05, 4.69) is 21.3 Å². The smallest absolute Gasteiger partial charge is 0.267 e. The van der Waals surface area contributed by atoms with Crippen molar-refractivity contribution in [2.45, 2.75) is 64.3 Å². The van der Waals surface area contributed by atoms with Crippen molar-refractivity contribution < 1.29 is 14.7 Å². The van der Waals surface area contributed by atoms with Gasteiger partial charge in [0.1, 0.15) is 6.04 Å². The van der Waals surface area contributed by atoms with Crippen molar-refractivity contribution >= 4 is 11.8 Å². The summed E-state index contributed by atoms with van der Waals surface area (Å²) in [6.45, 7) is 6.64. The molecule has 0 aliphatic carbocycles. The highest BCUT2D eigenvalue weighted by molar-refractivity contribution is 5.87. The van der Waals surface area contributed by atoms with E-state index in [1.165, 1.54) is 0 Å². The molecule has 0 fully saturated rings. The molecule has 0 aromatic heterocycles. The number of carbonyl (C=O) groups is 2. The summed E-state index contributed by atoms with van der Waals surface area (Å²) in [5.74, 6) is -1.12. The van der Waals surface area contributed by atoms with Gasteiger partial charge in [0.15, 0.2) is 5.75 Å². The van der Waals surface area contributed by atoms with Gasteiger partial charge in [-0.2, -0.15) is 0 Å². The SMILES string of the molecule is CCCC(=O)NC(CCc1c(O)c(=O)c1=O)C(=O)NCCCNCCCCNCCCN. The zero-order valence-electron chi connectivity index (χ0n) is 19.1. The molecule has 1 atom stereocenters. The van der Waals surface area contributed by atoms with Crippen LogP contribution in [0.3, 0.4) is 0 Å². The van der Waals surface area contributed by atoms with Gasteiger partial charge in [-0.3, -0.25) is 19.2 Å². The Labute approximate surface area is 189 Å². The zero-order chi connectivity index (χ0) is 23.8. The quantitative estimate of drug-likeness (QED) is 0.115. The van der Waals surface area contributed by atoms with E-state index < -0.39 is 22.6 Å². The molecule has 0 spiro atoms. The number of unbranched alkanes of at least 4 members (excludes halogenated alkanes) is 1. The second-order valence-electron chi connectivity index (χ2n) is 7.89. The Kier molecular flexibility index (Phi) is 14.2. The molecule has 0 bridgehead atoms. The molecular formula is C22H39N5O5. The zero-order valence-corrected chi connectivity index (χ0v) is 19.1. The van der Waals surface area contributed by atoms with E-state index in [-0.39, 0.29) is 30.2 Å². The Morgan fingerprint density at radius 1 is 0.938 bits per heavy atom. The number of hydrogen-bond donors (Lipinski definition) is 6. The van der Waals surface area contributed by atoms with Crippen molar-refractivity contribution in [2.24, 2.45) is 5.73 Å². The highest BCUT2D eigenvalue weighted by Crippen LogP contribution is 2.12.